The zero-order chi connectivity index (χ0) is 10.6. The first-order valence-corrected chi connectivity index (χ1v) is 5.73. The second-order valence-electron chi connectivity index (χ2n) is 3.40. The first-order valence-electron chi connectivity index (χ1n) is 4.72. The Balaban J connectivity index is 2.78. The summed E-state index contributed by atoms with van der Waals surface area (Å²) in [7, 11) is 2.09. The maximum Gasteiger partial charge on any atom is 0.0453 e. The van der Waals surface area contributed by atoms with Crippen LogP contribution in [0.5, 0.6) is 0 Å². The monoisotopic (exact) mass is 229 g/mol. The quantitative estimate of drug-likeness (QED) is 0.776. The van der Waals surface area contributed by atoms with Gasteiger partial charge in [-0.25, -0.2) is 0 Å². The maximum atomic E-state index is 6.12. The first kappa shape index (κ1) is 11.9. The molecule has 0 saturated carbocycles. The van der Waals surface area contributed by atoms with E-state index in [4.69, 9.17) is 11.6 Å². The molecule has 0 spiro atoms. The van der Waals surface area contributed by atoms with Gasteiger partial charge in [-0.1, -0.05) is 29.8 Å². The van der Waals surface area contributed by atoms with E-state index in [2.05, 4.69) is 37.6 Å². The molecule has 0 aliphatic rings. The highest BCUT2D eigenvalue weighted by Crippen LogP contribution is 2.25. The molecule has 0 radical (unpaired) electrons. The number of benzene rings is 1. The molecule has 1 aromatic carbocycles. The van der Waals surface area contributed by atoms with Crippen molar-refractivity contribution in [2.75, 3.05) is 19.3 Å². The molecular weight excluding hydrogens is 214 g/mol. The lowest BCUT2D eigenvalue weighted by Gasteiger charge is -2.24. The van der Waals surface area contributed by atoms with Gasteiger partial charge in [0.05, 0.1) is 0 Å². The Morgan fingerprint density at radius 3 is 2.64 bits per heavy atom. The van der Waals surface area contributed by atoms with Crippen molar-refractivity contribution in [3.05, 3.63) is 34.9 Å². The van der Waals surface area contributed by atoms with Gasteiger partial charge in [0, 0.05) is 23.4 Å². The van der Waals surface area contributed by atoms with Crippen molar-refractivity contribution in [1.82, 2.24) is 4.90 Å². The van der Waals surface area contributed by atoms with Crippen molar-refractivity contribution >= 4 is 24.2 Å². The van der Waals surface area contributed by atoms with Crippen molar-refractivity contribution in [3.8, 4) is 0 Å². The molecule has 0 amide bonds. The summed E-state index contributed by atoms with van der Waals surface area (Å²) in [5.74, 6) is 0.866. The summed E-state index contributed by atoms with van der Waals surface area (Å²) < 4.78 is 0. The Bertz CT molecular complexity index is 290. The predicted molar refractivity (Wildman–Crippen MR) is 66.4 cm³/mol. The highest BCUT2D eigenvalue weighted by molar-refractivity contribution is 7.80. The molecule has 0 bridgehead atoms. The normalized spacial score (nSPS) is 13.2. The van der Waals surface area contributed by atoms with Gasteiger partial charge in [-0.2, -0.15) is 12.6 Å². The number of nitrogens with zero attached hydrogens (tertiary/aromatic N) is 1. The Morgan fingerprint density at radius 2 is 2.07 bits per heavy atom. The number of thiol groups is 1. The average molecular weight is 230 g/mol. The standard InChI is InChI=1S/C11H16ClNS/c1-9(13(2)7-8-14)10-5-3-4-6-11(10)12/h3-6,9,14H,7-8H2,1-2H3. The van der Waals surface area contributed by atoms with Gasteiger partial charge in [0.1, 0.15) is 0 Å². The zero-order valence-electron chi connectivity index (χ0n) is 8.57. The maximum absolute atomic E-state index is 6.12. The van der Waals surface area contributed by atoms with E-state index in [0.717, 1.165) is 17.3 Å². The van der Waals surface area contributed by atoms with E-state index in [1.54, 1.807) is 0 Å². The molecule has 0 saturated heterocycles. The molecule has 0 aliphatic carbocycles. The number of halogens is 1. The third kappa shape index (κ3) is 2.91. The van der Waals surface area contributed by atoms with Gasteiger partial charge < -0.3 is 0 Å². The van der Waals surface area contributed by atoms with Crippen LogP contribution in [0, 0.1) is 0 Å². The molecule has 1 atom stereocenters. The van der Waals surface area contributed by atoms with Gasteiger partial charge in [-0.05, 0) is 25.6 Å². The van der Waals surface area contributed by atoms with Crippen LogP contribution >= 0.6 is 24.2 Å². The van der Waals surface area contributed by atoms with Gasteiger partial charge in [0.25, 0.3) is 0 Å². The van der Waals surface area contributed by atoms with Crippen LogP contribution in [0.25, 0.3) is 0 Å². The Morgan fingerprint density at radius 1 is 1.43 bits per heavy atom. The summed E-state index contributed by atoms with van der Waals surface area (Å²) >= 11 is 10.3. The van der Waals surface area contributed by atoms with E-state index in [1.807, 2.05) is 18.2 Å². The van der Waals surface area contributed by atoms with Gasteiger partial charge >= 0.3 is 0 Å². The molecular formula is C11H16ClNS. The molecule has 3 heteroatoms. The predicted octanol–water partition coefficient (Wildman–Crippen LogP) is 3.26. The smallest absolute Gasteiger partial charge is 0.0453 e. The average Bonchev–Trinajstić information content (AvgIpc) is 2.18. The number of hydrogen-bond donors (Lipinski definition) is 1. The second-order valence-corrected chi connectivity index (χ2v) is 4.26. The lowest BCUT2D eigenvalue weighted by Crippen LogP contribution is -2.24. The van der Waals surface area contributed by atoms with Crippen LogP contribution in [0.1, 0.15) is 18.5 Å². The summed E-state index contributed by atoms with van der Waals surface area (Å²) in [4.78, 5) is 2.24. The third-order valence-electron chi connectivity index (χ3n) is 2.47. The van der Waals surface area contributed by atoms with Gasteiger partial charge in [0.15, 0.2) is 0 Å². The lowest BCUT2D eigenvalue weighted by molar-refractivity contribution is 0.278. The summed E-state index contributed by atoms with van der Waals surface area (Å²) in [6, 6.07) is 8.32. The minimum atomic E-state index is 0.343. The topological polar surface area (TPSA) is 3.24 Å². The van der Waals surface area contributed by atoms with Crippen LogP contribution in [0.4, 0.5) is 0 Å². The van der Waals surface area contributed by atoms with E-state index >= 15 is 0 Å². The largest absolute Gasteiger partial charge is 0.299 e. The Hall–Kier alpha value is -0.180. The van der Waals surface area contributed by atoms with E-state index in [9.17, 15) is 0 Å². The second kappa shape index (κ2) is 5.64. The van der Waals surface area contributed by atoms with Crippen molar-refractivity contribution in [1.29, 1.82) is 0 Å². The van der Waals surface area contributed by atoms with E-state index in [-0.39, 0.29) is 0 Å². The van der Waals surface area contributed by atoms with Crippen LogP contribution < -0.4 is 0 Å². The first-order chi connectivity index (χ1) is 6.66. The van der Waals surface area contributed by atoms with Gasteiger partial charge in [0.2, 0.25) is 0 Å². The lowest BCUT2D eigenvalue weighted by atomic mass is 10.1. The zero-order valence-corrected chi connectivity index (χ0v) is 10.2. The molecule has 0 N–H and O–H groups in total. The highest BCUT2D eigenvalue weighted by atomic mass is 35.5. The summed E-state index contributed by atoms with van der Waals surface area (Å²) in [5, 5.41) is 0.839. The minimum absolute atomic E-state index is 0.343. The highest BCUT2D eigenvalue weighted by Gasteiger charge is 2.12. The number of hydrogen-bond acceptors (Lipinski definition) is 2. The molecule has 0 aromatic heterocycles. The molecule has 0 aliphatic heterocycles. The van der Waals surface area contributed by atoms with Crippen LogP contribution in [-0.4, -0.2) is 24.2 Å². The summed E-state index contributed by atoms with van der Waals surface area (Å²) in [6.45, 7) is 3.13. The van der Waals surface area contributed by atoms with Crippen molar-refractivity contribution in [3.63, 3.8) is 0 Å². The molecule has 0 fully saturated rings. The van der Waals surface area contributed by atoms with Crippen LogP contribution in [0.3, 0.4) is 0 Å². The fraction of sp³-hybridized carbons (Fsp3) is 0.455. The Labute approximate surface area is 96.5 Å². The van der Waals surface area contributed by atoms with Crippen LogP contribution in [0.15, 0.2) is 24.3 Å². The molecule has 0 heterocycles. The molecule has 1 aromatic rings. The van der Waals surface area contributed by atoms with E-state index in [1.165, 1.54) is 5.56 Å². The van der Waals surface area contributed by atoms with Crippen molar-refractivity contribution in [2.24, 2.45) is 0 Å². The van der Waals surface area contributed by atoms with E-state index in [0.29, 0.717) is 6.04 Å². The fourth-order valence-corrected chi connectivity index (χ4v) is 2.01. The molecule has 78 valence electrons. The van der Waals surface area contributed by atoms with Crippen molar-refractivity contribution in [2.45, 2.75) is 13.0 Å². The summed E-state index contributed by atoms with van der Waals surface area (Å²) in [6.07, 6.45) is 0. The van der Waals surface area contributed by atoms with Crippen molar-refractivity contribution < 1.29 is 0 Å². The fourth-order valence-electron chi connectivity index (χ4n) is 1.40. The third-order valence-corrected chi connectivity index (χ3v) is 3.01. The minimum Gasteiger partial charge on any atom is -0.299 e. The van der Waals surface area contributed by atoms with Gasteiger partial charge in [-0.3, -0.25) is 4.90 Å². The van der Waals surface area contributed by atoms with Crippen LogP contribution in [0.2, 0.25) is 5.02 Å². The Kier molecular flexibility index (Phi) is 4.79. The molecule has 1 rings (SSSR count). The molecule has 1 nitrogen and oxygen atoms in total. The molecule has 1 unspecified atom stereocenters. The van der Waals surface area contributed by atoms with E-state index < -0.39 is 0 Å². The van der Waals surface area contributed by atoms with Gasteiger partial charge in [-0.15, -0.1) is 0 Å². The SMILES string of the molecule is CC(c1ccccc1Cl)N(C)CCS. The summed E-state index contributed by atoms with van der Waals surface area (Å²) in [5.41, 5.74) is 1.18. The number of rotatable bonds is 4. The van der Waals surface area contributed by atoms with Crippen LogP contribution in [-0.2, 0) is 0 Å². The molecule has 14 heavy (non-hydrogen) atoms.